The normalized spacial score (nSPS) is 10.1. The number of hydrogen-bond donors (Lipinski definition) is 1. The fourth-order valence-corrected chi connectivity index (χ4v) is 1.52. The molecule has 1 rings (SSSR count). The predicted molar refractivity (Wildman–Crippen MR) is 63.3 cm³/mol. The molecule has 0 bridgehead atoms. The Morgan fingerprint density at radius 2 is 2.33 bits per heavy atom. The van der Waals surface area contributed by atoms with Gasteiger partial charge >= 0.3 is 0 Å². The molecule has 0 aliphatic carbocycles. The highest BCUT2D eigenvalue weighted by molar-refractivity contribution is 14.1. The van der Waals surface area contributed by atoms with Crippen molar-refractivity contribution in [1.82, 2.24) is 5.32 Å². The van der Waals surface area contributed by atoms with Gasteiger partial charge in [0, 0.05) is 22.8 Å². The number of methoxy groups -OCH3 is 1. The number of ether oxygens (including phenoxy) is 1. The number of benzene rings is 1. The molecule has 0 saturated carbocycles. The molecule has 0 aromatic heterocycles. The Bertz CT molecular complexity index is 357. The molecule has 1 N–H and O–H groups in total. The lowest BCUT2D eigenvalue weighted by atomic mass is 10.2. The van der Waals surface area contributed by atoms with E-state index in [1.165, 1.54) is 18.2 Å². The van der Waals surface area contributed by atoms with E-state index in [2.05, 4.69) is 5.32 Å². The van der Waals surface area contributed by atoms with Crippen molar-refractivity contribution in [1.29, 1.82) is 0 Å². The van der Waals surface area contributed by atoms with Crippen LogP contribution < -0.4 is 5.32 Å². The topological polar surface area (TPSA) is 38.3 Å². The molecule has 0 aliphatic heterocycles. The summed E-state index contributed by atoms with van der Waals surface area (Å²) in [5.41, 5.74) is 0.455. The Kier molecular flexibility index (Phi) is 4.97. The third-order valence-electron chi connectivity index (χ3n) is 1.77. The molecule has 0 spiro atoms. The van der Waals surface area contributed by atoms with Crippen molar-refractivity contribution in [2.45, 2.75) is 0 Å². The van der Waals surface area contributed by atoms with Crippen LogP contribution >= 0.6 is 22.6 Å². The Labute approximate surface area is 101 Å². The van der Waals surface area contributed by atoms with Gasteiger partial charge in [0.05, 0.1) is 6.61 Å². The second kappa shape index (κ2) is 6.02. The smallest absolute Gasteiger partial charge is 0.251 e. The number of hydrogen-bond acceptors (Lipinski definition) is 2. The van der Waals surface area contributed by atoms with Gasteiger partial charge in [-0.05, 0) is 40.8 Å². The highest BCUT2D eigenvalue weighted by Gasteiger charge is 2.07. The van der Waals surface area contributed by atoms with Crippen molar-refractivity contribution < 1.29 is 13.9 Å². The van der Waals surface area contributed by atoms with E-state index < -0.39 is 0 Å². The van der Waals surface area contributed by atoms with Crippen LogP contribution in [0.2, 0.25) is 0 Å². The SMILES string of the molecule is COCCNC(=O)c1ccc(F)c(I)c1. The van der Waals surface area contributed by atoms with Crippen LogP contribution in [-0.4, -0.2) is 26.2 Å². The van der Waals surface area contributed by atoms with Crippen LogP contribution in [0.5, 0.6) is 0 Å². The molecular weight excluding hydrogens is 312 g/mol. The highest BCUT2D eigenvalue weighted by atomic mass is 127. The monoisotopic (exact) mass is 323 g/mol. The summed E-state index contributed by atoms with van der Waals surface area (Å²) in [6.45, 7) is 0.910. The Morgan fingerprint density at radius 3 is 2.93 bits per heavy atom. The molecular formula is C10H11FINO2. The van der Waals surface area contributed by atoms with Gasteiger partial charge in [-0.15, -0.1) is 0 Å². The van der Waals surface area contributed by atoms with Gasteiger partial charge in [-0.1, -0.05) is 0 Å². The number of amides is 1. The Morgan fingerprint density at radius 1 is 1.60 bits per heavy atom. The van der Waals surface area contributed by atoms with E-state index >= 15 is 0 Å². The summed E-state index contributed by atoms with van der Waals surface area (Å²) >= 11 is 1.85. The highest BCUT2D eigenvalue weighted by Crippen LogP contribution is 2.12. The molecule has 3 nitrogen and oxygen atoms in total. The van der Waals surface area contributed by atoms with E-state index in [4.69, 9.17) is 4.74 Å². The number of halogens is 2. The van der Waals surface area contributed by atoms with Crippen LogP contribution in [0, 0.1) is 9.39 Å². The average Bonchev–Trinajstić information content (AvgIpc) is 2.22. The van der Waals surface area contributed by atoms with Crippen molar-refractivity contribution >= 4 is 28.5 Å². The molecule has 1 amide bonds. The van der Waals surface area contributed by atoms with Crippen LogP contribution in [-0.2, 0) is 4.74 Å². The van der Waals surface area contributed by atoms with Gasteiger partial charge in [0.25, 0.3) is 5.91 Å². The number of nitrogens with one attached hydrogen (secondary N) is 1. The summed E-state index contributed by atoms with van der Waals surface area (Å²) in [4.78, 5) is 11.5. The zero-order valence-corrected chi connectivity index (χ0v) is 10.4. The molecule has 0 saturated heterocycles. The number of rotatable bonds is 4. The fraction of sp³-hybridized carbons (Fsp3) is 0.300. The minimum absolute atomic E-state index is 0.218. The first-order chi connectivity index (χ1) is 7.15. The first-order valence-corrected chi connectivity index (χ1v) is 5.45. The number of carbonyl (C=O) groups excluding carboxylic acids is 1. The van der Waals surface area contributed by atoms with Crippen molar-refractivity contribution in [2.75, 3.05) is 20.3 Å². The first kappa shape index (κ1) is 12.4. The largest absolute Gasteiger partial charge is 0.383 e. The zero-order valence-electron chi connectivity index (χ0n) is 8.22. The van der Waals surface area contributed by atoms with Crippen LogP contribution in [0.15, 0.2) is 18.2 Å². The summed E-state index contributed by atoms with van der Waals surface area (Å²) in [6, 6.07) is 4.25. The predicted octanol–water partition coefficient (Wildman–Crippen LogP) is 1.81. The number of carbonyl (C=O) groups is 1. The molecule has 0 heterocycles. The zero-order chi connectivity index (χ0) is 11.3. The lowest BCUT2D eigenvalue weighted by molar-refractivity contribution is 0.0937. The molecule has 5 heteroatoms. The molecule has 1 aromatic rings. The minimum Gasteiger partial charge on any atom is -0.383 e. The molecule has 0 atom stereocenters. The van der Waals surface area contributed by atoms with Crippen LogP contribution in [0.4, 0.5) is 4.39 Å². The average molecular weight is 323 g/mol. The molecule has 1 aromatic carbocycles. The summed E-state index contributed by atoms with van der Waals surface area (Å²) in [6.07, 6.45) is 0. The summed E-state index contributed by atoms with van der Waals surface area (Å²) in [7, 11) is 1.56. The van der Waals surface area contributed by atoms with Gasteiger partial charge < -0.3 is 10.1 Å². The van der Waals surface area contributed by atoms with E-state index in [0.29, 0.717) is 22.3 Å². The van der Waals surface area contributed by atoms with Gasteiger partial charge in [-0.3, -0.25) is 4.79 Å². The van der Waals surface area contributed by atoms with E-state index in [-0.39, 0.29) is 11.7 Å². The minimum atomic E-state index is -0.316. The maximum Gasteiger partial charge on any atom is 0.251 e. The van der Waals surface area contributed by atoms with Crippen molar-refractivity contribution in [3.05, 3.63) is 33.1 Å². The van der Waals surface area contributed by atoms with E-state index in [1.54, 1.807) is 7.11 Å². The maximum absolute atomic E-state index is 12.9. The molecule has 82 valence electrons. The summed E-state index contributed by atoms with van der Waals surface area (Å²) in [5.74, 6) is -0.533. The van der Waals surface area contributed by atoms with Gasteiger partial charge in [0.1, 0.15) is 5.82 Å². The third kappa shape index (κ3) is 3.75. The van der Waals surface area contributed by atoms with Gasteiger partial charge in [0.15, 0.2) is 0 Å². The van der Waals surface area contributed by atoms with Crippen LogP contribution in [0.3, 0.4) is 0 Å². The van der Waals surface area contributed by atoms with Crippen LogP contribution in [0.25, 0.3) is 0 Å². The van der Waals surface area contributed by atoms with Crippen molar-refractivity contribution in [3.8, 4) is 0 Å². The lowest BCUT2D eigenvalue weighted by Crippen LogP contribution is -2.27. The fourth-order valence-electron chi connectivity index (χ4n) is 1.01. The van der Waals surface area contributed by atoms with E-state index in [1.807, 2.05) is 22.6 Å². The molecule has 0 radical (unpaired) electrons. The van der Waals surface area contributed by atoms with Gasteiger partial charge in [0.2, 0.25) is 0 Å². The van der Waals surface area contributed by atoms with Crippen molar-refractivity contribution in [3.63, 3.8) is 0 Å². The van der Waals surface area contributed by atoms with E-state index in [0.717, 1.165) is 0 Å². The van der Waals surface area contributed by atoms with Gasteiger partial charge in [-0.2, -0.15) is 0 Å². The first-order valence-electron chi connectivity index (χ1n) is 4.37. The molecule has 0 aliphatic rings. The van der Waals surface area contributed by atoms with Gasteiger partial charge in [-0.25, -0.2) is 4.39 Å². The van der Waals surface area contributed by atoms with E-state index in [9.17, 15) is 9.18 Å². The quantitative estimate of drug-likeness (QED) is 0.678. The maximum atomic E-state index is 12.9. The Hall–Kier alpha value is -0.690. The Balaban J connectivity index is 2.62. The lowest BCUT2D eigenvalue weighted by Gasteiger charge is -2.04. The second-order valence-electron chi connectivity index (χ2n) is 2.88. The van der Waals surface area contributed by atoms with Crippen LogP contribution in [0.1, 0.15) is 10.4 Å². The standard InChI is InChI=1S/C10H11FINO2/c1-15-5-4-13-10(14)7-2-3-8(11)9(12)6-7/h2-3,6H,4-5H2,1H3,(H,13,14). The molecule has 15 heavy (non-hydrogen) atoms. The summed E-state index contributed by atoms with van der Waals surface area (Å²) in [5, 5.41) is 2.66. The molecule has 0 fully saturated rings. The third-order valence-corrected chi connectivity index (χ3v) is 2.60. The second-order valence-corrected chi connectivity index (χ2v) is 4.04. The summed E-state index contributed by atoms with van der Waals surface area (Å²) < 4.78 is 18.1. The van der Waals surface area contributed by atoms with Crippen molar-refractivity contribution in [2.24, 2.45) is 0 Å². The molecule has 0 unspecified atom stereocenters.